The standard InChI is InChI=1S/C8H10N2/c1-3-10-8-4-5-9-6-7(8)2/h3-6H,1-2H3. The molecule has 52 valence electrons. The Kier molecular flexibility index (Phi) is 2.15. The molecule has 0 aliphatic carbocycles. The SMILES string of the molecule is CC=Nc1ccncc1C. The summed E-state index contributed by atoms with van der Waals surface area (Å²) in [5, 5.41) is 0. The summed E-state index contributed by atoms with van der Waals surface area (Å²) in [5.41, 5.74) is 2.11. The fourth-order valence-corrected chi connectivity index (χ4v) is 0.750. The van der Waals surface area contributed by atoms with Gasteiger partial charge >= 0.3 is 0 Å². The fourth-order valence-electron chi connectivity index (χ4n) is 0.750. The normalized spacial score (nSPS) is 10.6. The zero-order valence-electron chi connectivity index (χ0n) is 6.20. The molecule has 10 heavy (non-hydrogen) atoms. The Morgan fingerprint density at radius 2 is 2.40 bits per heavy atom. The summed E-state index contributed by atoms with van der Waals surface area (Å²) in [4.78, 5) is 8.09. The molecule has 1 heterocycles. The average Bonchev–Trinajstić information content (AvgIpc) is 1.94. The van der Waals surface area contributed by atoms with Crippen molar-refractivity contribution in [1.82, 2.24) is 4.98 Å². The van der Waals surface area contributed by atoms with Crippen molar-refractivity contribution in [2.24, 2.45) is 4.99 Å². The second-order valence-electron chi connectivity index (χ2n) is 2.05. The van der Waals surface area contributed by atoms with Crippen molar-refractivity contribution in [1.29, 1.82) is 0 Å². The number of hydrogen-bond acceptors (Lipinski definition) is 2. The largest absolute Gasteiger partial charge is 0.264 e. The lowest BCUT2D eigenvalue weighted by Gasteiger charge is -1.94. The van der Waals surface area contributed by atoms with Crippen molar-refractivity contribution < 1.29 is 0 Å². The molecule has 0 bridgehead atoms. The molecule has 1 rings (SSSR count). The fraction of sp³-hybridized carbons (Fsp3) is 0.250. The quantitative estimate of drug-likeness (QED) is 0.540. The predicted octanol–water partition coefficient (Wildman–Crippen LogP) is 2.11. The highest BCUT2D eigenvalue weighted by Gasteiger charge is 1.90. The van der Waals surface area contributed by atoms with Gasteiger partial charge < -0.3 is 0 Å². The first-order valence-electron chi connectivity index (χ1n) is 3.24. The molecule has 2 nitrogen and oxygen atoms in total. The maximum atomic E-state index is 4.14. The molecule has 2 heteroatoms. The number of nitrogens with zero attached hydrogens (tertiary/aromatic N) is 2. The minimum absolute atomic E-state index is 0.998. The molecular formula is C8H10N2. The average molecular weight is 134 g/mol. The molecule has 0 spiro atoms. The Hall–Kier alpha value is -1.18. The molecular weight excluding hydrogens is 124 g/mol. The Morgan fingerprint density at radius 1 is 1.60 bits per heavy atom. The first-order valence-corrected chi connectivity index (χ1v) is 3.24. The Labute approximate surface area is 60.6 Å². The van der Waals surface area contributed by atoms with Crippen LogP contribution in [-0.2, 0) is 0 Å². The highest BCUT2D eigenvalue weighted by molar-refractivity contribution is 5.61. The van der Waals surface area contributed by atoms with Gasteiger partial charge in [0, 0.05) is 18.6 Å². The van der Waals surface area contributed by atoms with Crippen LogP contribution in [0.5, 0.6) is 0 Å². The van der Waals surface area contributed by atoms with Gasteiger partial charge in [0.25, 0.3) is 0 Å². The number of hydrogen-bond donors (Lipinski definition) is 0. The molecule has 0 saturated carbocycles. The number of rotatable bonds is 1. The highest BCUT2D eigenvalue weighted by atomic mass is 14.7. The summed E-state index contributed by atoms with van der Waals surface area (Å²) in [6.45, 7) is 3.90. The third-order valence-corrected chi connectivity index (χ3v) is 1.26. The lowest BCUT2D eigenvalue weighted by atomic mass is 10.3. The molecule has 1 aromatic rings. The van der Waals surface area contributed by atoms with Crippen LogP contribution >= 0.6 is 0 Å². The van der Waals surface area contributed by atoms with E-state index in [0.717, 1.165) is 11.3 Å². The van der Waals surface area contributed by atoms with Gasteiger partial charge in [0.15, 0.2) is 0 Å². The second-order valence-corrected chi connectivity index (χ2v) is 2.05. The van der Waals surface area contributed by atoms with E-state index in [9.17, 15) is 0 Å². The predicted molar refractivity (Wildman–Crippen MR) is 42.8 cm³/mol. The van der Waals surface area contributed by atoms with E-state index in [4.69, 9.17) is 0 Å². The minimum Gasteiger partial charge on any atom is -0.264 e. The van der Waals surface area contributed by atoms with Gasteiger partial charge in [-0.05, 0) is 25.5 Å². The van der Waals surface area contributed by atoms with E-state index in [-0.39, 0.29) is 0 Å². The van der Waals surface area contributed by atoms with Crippen molar-refractivity contribution in [3.05, 3.63) is 24.0 Å². The summed E-state index contributed by atoms with van der Waals surface area (Å²) in [6.07, 6.45) is 5.33. The maximum absolute atomic E-state index is 4.14. The van der Waals surface area contributed by atoms with Crippen molar-refractivity contribution in [3.8, 4) is 0 Å². The zero-order chi connectivity index (χ0) is 7.40. The summed E-state index contributed by atoms with van der Waals surface area (Å²) in [5.74, 6) is 0. The maximum Gasteiger partial charge on any atom is 0.0685 e. The van der Waals surface area contributed by atoms with E-state index < -0.39 is 0 Å². The summed E-state index contributed by atoms with van der Waals surface area (Å²) < 4.78 is 0. The lowest BCUT2D eigenvalue weighted by Crippen LogP contribution is -1.75. The van der Waals surface area contributed by atoms with E-state index in [2.05, 4.69) is 9.98 Å². The van der Waals surface area contributed by atoms with Crippen molar-refractivity contribution in [3.63, 3.8) is 0 Å². The topological polar surface area (TPSA) is 25.2 Å². The number of aliphatic imine (C=N–C) groups is 1. The molecule has 1 aromatic heterocycles. The van der Waals surface area contributed by atoms with Crippen LogP contribution in [0, 0.1) is 6.92 Å². The minimum atomic E-state index is 0.998. The van der Waals surface area contributed by atoms with Crippen LogP contribution in [0.4, 0.5) is 5.69 Å². The molecule has 0 saturated heterocycles. The molecule has 0 atom stereocenters. The van der Waals surface area contributed by atoms with Crippen molar-refractivity contribution >= 4 is 11.9 Å². The molecule has 0 aromatic carbocycles. The molecule has 0 aliphatic rings. The third kappa shape index (κ3) is 1.41. The van der Waals surface area contributed by atoms with Gasteiger partial charge in [-0.15, -0.1) is 0 Å². The first-order chi connectivity index (χ1) is 4.84. The number of aryl methyl sites for hydroxylation is 1. The van der Waals surface area contributed by atoms with Gasteiger partial charge in [-0.1, -0.05) is 0 Å². The van der Waals surface area contributed by atoms with E-state index in [0.29, 0.717) is 0 Å². The Balaban J connectivity index is 3.03. The zero-order valence-corrected chi connectivity index (χ0v) is 6.20. The monoisotopic (exact) mass is 134 g/mol. The van der Waals surface area contributed by atoms with Crippen molar-refractivity contribution in [2.75, 3.05) is 0 Å². The molecule has 0 aliphatic heterocycles. The number of aromatic nitrogens is 1. The van der Waals surface area contributed by atoms with Gasteiger partial charge in [-0.25, -0.2) is 0 Å². The van der Waals surface area contributed by atoms with E-state index in [1.54, 1.807) is 12.4 Å². The third-order valence-electron chi connectivity index (χ3n) is 1.26. The van der Waals surface area contributed by atoms with Crippen LogP contribution in [0.15, 0.2) is 23.5 Å². The molecule has 0 radical (unpaired) electrons. The lowest BCUT2D eigenvalue weighted by molar-refractivity contribution is 1.25. The van der Waals surface area contributed by atoms with Gasteiger partial charge in [-0.2, -0.15) is 0 Å². The summed E-state index contributed by atoms with van der Waals surface area (Å²) in [6, 6.07) is 1.90. The van der Waals surface area contributed by atoms with Gasteiger partial charge in [0.05, 0.1) is 5.69 Å². The summed E-state index contributed by atoms with van der Waals surface area (Å²) >= 11 is 0. The van der Waals surface area contributed by atoms with Crippen LogP contribution in [0.2, 0.25) is 0 Å². The van der Waals surface area contributed by atoms with Crippen LogP contribution in [0.25, 0.3) is 0 Å². The first kappa shape index (κ1) is 6.93. The van der Waals surface area contributed by atoms with E-state index in [1.807, 2.05) is 26.1 Å². The molecule has 0 N–H and O–H groups in total. The smallest absolute Gasteiger partial charge is 0.0685 e. The van der Waals surface area contributed by atoms with Crippen LogP contribution in [-0.4, -0.2) is 11.2 Å². The number of pyridine rings is 1. The van der Waals surface area contributed by atoms with Gasteiger partial charge in [0.1, 0.15) is 0 Å². The molecule has 0 fully saturated rings. The van der Waals surface area contributed by atoms with Crippen LogP contribution in [0.1, 0.15) is 12.5 Å². The van der Waals surface area contributed by atoms with Gasteiger partial charge in [0.2, 0.25) is 0 Å². The van der Waals surface area contributed by atoms with E-state index in [1.165, 1.54) is 0 Å². The van der Waals surface area contributed by atoms with E-state index >= 15 is 0 Å². The Morgan fingerprint density at radius 3 is 3.00 bits per heavy atom. The second kappa shape index (κ2) is 3.11. The summed E-state index contributed by atoms with van der Waals surface area (Å²) in [7, 11) is 0. The van der Waals surface area contributed by atoms with Crippen LogP contribution < -0.4 is 0 Å². The van der Waals surface area contributed by atoms with Crippen molar-refractivity contribution in [2.45, 2.75) is 13.8 Å². The Bertz CT molecular complexity index is 241. The van der Waals surface area contributed by atoms with Crippen LogP contribution in [0.3, 0.4) is 0 Å². The molecule has 0 amide bonds. The highest BCUT2D eigenvalue weighted by Crippen LogP contribution is 2.14. The van der Waals surface area contributed by atoms with Gasteiger partial charge in [-0.3, -0.25) is 9.98 Å². The molecule has 0 unspecified atom stereocenters.